The summed E-state index contributed by atoms with van der Waals surface area (Å²) in [5.41, 5.74) is 5.66. The summed E-state index contributed by atoms with van der Waals surface area (Å²) in [5.74, 6) is 29.8. The van der Waals surface area contributed by atoms with Crippen LogP contribution in [0, 0.1) is 21.7 Å². The maximum Gasteiger partial charge on any atom is 0.0520 e. The van der Waals surface area contributed by atoms with Crippen molar-refractivity contribution in [2.24, 2.45) is 45.4 Å². The molecular weight excluding hydrogens is 1430 g/mol. The second kappa shape index (κ2) is 69.5. The first-order chi connectivity index (χ1) is 46.8. The third-order valence-electron chi connectivity index (χ3n) is 11.0. The molecule has 0 aliphatic heterocycles. The minimum absolute atomic E-state index is 0.0363. The molecule has 7 unspecified atom stereocenters. The Kier molecular flexibility index (Phi) is 89.9. The van der Waals surface area contributed by atoms with E-state index in [-0.39, 0.29) is 119 Å². The largest absolute Gasteiger partial charge is 0.386 e. The number of rotatable bonds is 14. The molecule has 0 heterocycles. The van der Waals surface area contributed by atoms with E-state index in [2.05, 4.69) is 391 Å². The van der Waals surface area contributed by atoms with Crippen molar-refractivity contribution in [3.63, 3.8) is 0 Å². The van der Waals surface area contributed by atoms with E-state index >= 15 is 0 Å². The molecule has 7 atom stereocenters. The molecule has 0 amide bonds. The summed E-state index contributed by atoms with van der Waals surface area (Å²) in [6, 6.07) is 0. The molecule has 0 saturated carbocycles. The quantitative estimate of drug-likeness (QED) is 0.103. The van der Waals surface area contributed by atoms with Crippen LogP contribution in [0.5, 0.6) is 0 Å². The highest BCUT2D eigenvalue weighted by atomic mass is 32.2. The summed E-state index contributed by atoms with van der Waals surface area (Å²) in [7, 11) is 0.216. The van der Waals surface area contributed by atoms with Crippen LogP contribution in [0.3, 0.4) is 0 Å². The van der Waals surface area contributed by atoms with Gasteiger partial charge >= 0.3 is 0 Å². The molecule has 0 aliphatic rings. The molecule has 0 aromatic rings. The van der Waals surface area contributed by atoms with Crippen LogP contribution < -0.4 is 10.6 Å². The molecule has 0 rings (SSSR count). The Morgan fingerprint density at radius 1 is 0.292 bits per heavy atom. The maximum atomic E-state index is 4.47. The van der Waals surface area contributed by atoms with Crippen LogP contribution >= 0.6 is 73.8 Å². The first-order valence-corrected chi connectivity index (χ1v) is 50.1. The topological polar surface area (TPSA) is 85.9 Å². The Bertz CT molecular complexity index is 2010. The van der Waals surface area contributed by atoms with Crippen LogP contribution in [-0.4, -0.2) is 140 Å². The summed E-state index contributed by atoms with van der Waals surface area (Å²) in [4.78, 5) is 13.3. The number of nitrogens with zero attached hydrogens (tertiary/aromatic N) is 5. The first kappa shape index (κ1) is 137. The van der Waals surface area contributed by atoms with Crippen LogP contribution in [0.4, 0.5) is 0 Å². The molecule has 0 aromatic heterocycles. The van der Waals surface area contributed by atoms with Crippen molar-refractivity contribution in [3.05, 3.63) is 23.2 Å². The number of nitrogens with one attached hydrogen (secondary N) is 2. The minimum Gasteiger partial charge on any atom is -0.386 e. The lowest BCUT2D eigenvalue weighted by atomic mass is 9.93. The highest BCUT2D eigenvalue weighted by molar-refractivity contribution is 8.27. The molecule has 7 nitrogen and oxygen atoms in total. The lowest BCUT2D eigenvalue weighted by Gasteiger charge is -2.22. The fourth-order valence-corrected chi connectivity index (χ4v) is 8.35. The SMILES string of the molecule is C=S(/C=C\NC(C)(C)C)C(C)(C)C.C=S(/C=C\NC(C)(C)C)C(C)(C)C.C=S(C=NCC(C)(C)C)C(C)(C)C.C=S(C=NCC(C)(C)C)C(C)(C)C.C=S(CC=NC(C)(C)C)C(C)(C)C.C=S(N=CCC(C)(C)C)C(C)(C)C.C=S(N=CCC(C)(C)C)C(C)(C)C.CC.CC.CC.CC.CC.CC.CCC. The smallest absolute Gasteiger partial charge is 0.0520 e. The predicted molar refractivity (Wildman–Crippen MR) is 553 cm³/mol. The van der Waals surface area contributed by atoms with E-state index in [0.717, 1.165) is 31.7 Å². The van der Waals surface area contributed by atoms with E-state index in [1.54, 1.807) is 0 Å². The Morgan fingerprint density at radius 2 is 0.509 bits per heavy atom. The molecule has 2 N–H and O–H groups in total. The van der Waals surface area contributed by atoms with Gasteiger partial charge in [0, 0.05) is 105 Å². The van der Waals surface area contributed by atoms with E-state index < -0.39 is 0 Å². The second-order valence-electron chi connectivity index (χ2n) is 38.6. The van der Waals surface area contributed by atoms with E-state index in [1.165, 1.54) is 6.42 Å². The molecule has 0 radical (unpaired) electrons. The lowest BCUT2D eigenvalue weighted by Crippen LogP contribution is -2.31. The van der Waals surface area contributed by atoms with Gasteiger partial charge in [0.25, 0.3) is 0 Å². The highest BCUT2D eigenvalue weighted by Crippen LogP contribution is 2.35. The zero-order valence-electron chi connectivity index (χ0n) is 83.5. The van der Waals surface area contributed by atoms with Crippen molar-refractivity contribution in [1.29, 1.82) is 0 Å². The molecule has 0 aliphatic carbocycles. The molecule has 0 saturated heterocycles. The second-order valence-corrected chi connectivity index (χ2v) is 54.8. The minimum atomic E-state index is -0.103. The average molecular weight is 1630 g/mol. The predicted octanol–water partition coefficient (Wildman–Crippen LogP) is 32.6. The third-order valence-corrected chi connectivity index (χ3v) is 25.0. The van der Waals surface area contributed by atoms with Gasteiger partial charge in [0.2, 0.25) is 0 Å². The van der Waals surface area contributed by atoms with Crippen LogP contribution in [0.1, 0.15) is 407 Å². The summed E-state index contributed by atoms with van der Waals surface area (Å²) in [5, 5.41) is 10.9. The average Bonchev–Trinajstić information content (AvgIpc) is 0.946. The Labute approximate surface area is 694 Å². The molecule has 0 fully saturated rings. The van der Waals surface area contributed by atoms with Gasteiger partial charge in [0.05, 0.1) is 5.54 Å². The highest BCUT2D eigenvalue weighted by Gasteiger charge is 2.18. The monoisotopic (exact) mass is 1630 g/mol. The van der Waals surface area contributed by atoms with Gasteiger partial charge in [-0.3, -0.25) is 15.0 Å². The van der Waals surface area contributed by atoms with Gasteiger partial charge in [-0.05, 0) is 149 Å². The molecule has 650 valence electrons. The summed E-state index contributed by atoms with van der Waals surface area (Å²) in [6.07, 6.45) is 13.5. The number of aliphatic imine (C=N–C) groups is 3. The van der Waals surface area contributed by atoms with Crippen molar-refractivity contribution in [2.45, 2.75) is 457 Å². The van der Waals surface area contributed by atoms with Gasteiger partial charge in [0.1, 0.15) is 0 Å². The van der Waals surface area contributed by atoms with Gasteiger partial charge in [0.15, 0.2) is 0 Å². The van der Waals surface area contributed by atoms with E-state index in [9.17, 15) is 0 Å². The Balaban J connectivity index is -0.0000000752. The fourth-order valence-electron chi connectivity index (χ4n) is 4.03. The Morgan fingerprint density at radius 3 is 0.660 bits per heavy atom. The summed E-state index contributed by atoms with van der Waals surface area (Å²) < 4.78 is 10.7. The lowest BCUT2D eigenvalue weighted by molar-refractivity contribution is 0.430. The Hall–Kier alpha value is -1.03. The molecule has 0 aromatic carbocycles. The maximum absolute atomic E-state index is 4.47. The van der Waals surface area contributed by atoms with E-state index in [1.807, 2.05) is 125 Å². The van der Waals surface area contributed by atoms with E-state index in [0.29, 0.717) is 26.4 Å². The third kappa shape index (κ3) is 132. The molecule has 106 heavy (non-hydrogen) atoms. The number of hydrogen-bond acceptors (Lipinski definition) is 7. The zero-order chi connectivity index (χ0) is 89.6. The van der Waals surface area contributed by atoms with Crippen molar-refractivity contribution < 1.29 is 0 Å². The molecule has 0 bridgehead atoms. The summed E-state index contributed by atoms with van der Waals surface area (Å²) in [6.45, 7) is 122. The molecule has 14 heteroatoms. The van der Waals surface area contributed by atoms with Crippen molar-refractivity contribution in [1.82, 2.24) is 10.6 Å². The van der Waals surface area contributed by atoms with Crippen molar-refractivity contribution in [2.75, 3.05) is 18.8 Å². The van der Waals surface area contributed by atoms with Crippen LogP contribution in [0.2, 0.25) is 0 Å². The standard InChI is InChI=1S/7C11H23NS.C3H8.6C2H6/c2*1-10(2,3)8-12-9-13(7)11(4,5)6;3*1-10(2,3)12-8-9-13(7)11(4,5)6;2*1-10(2,3)8-9-12-13(7)11(4,5)6;1-3-2;6*1-2/h2*9H,7-8H2,1-6H3;8H,7,9H2,1-6H3;2*8-9,12H,7H2,1-6H3;2*9H,7-8H2,1-6H3;3H2,1-2H3;6*1-2H3/b;;;2*9-8-;;;;;;;;;. The van der Waals surface area contributed by atoms with Crippen molar-refractivity contribution >= 4 is 145 Å². The fraction of sp³-hybridized carbons (Fsp3) is 0.826. The number of hydrogen-bond donors (Lipinski definition) is 2. The van der Waals surface area contributed by atoms with Gasteiger partial charge in [-0.25, -0.2) is 8.80 Å². The van der Waals surface area contributed by atoms with Crippen LogP contribution in [-0.2, 0) is 0 Å². The van der Waals surface area contributed by atoms with Crippen LogP contribution in [0.25, 0.3) is 0 Å². The van der Waals surface area contributed by atoms with Crippen molar-refractivity contribution in [3.8, 4) is 0 Å². The van der Waals surface area contributed by atoms with Gasteiger partial charge in [-0.15, -0.1) is 21.0 Å². The van der Waals surface area contributed by atoms with E-state index in [4.69, 9.17) is 0 Å². The first-order valence-electron chi connectivity index (χ1n) is 40.0. The molecule has 0 spiro atoms. The van der Waals surface area contributed by atoms with Gasteiger partial charge in [-0.2, -0.15) is 31.5 Å². The normalized spacial score (nSPS) is 14.6. The van der Waals surface area contributed by atoms with Gasteiger partial charge in [-0.1, -0.05) is 353 Å². The molecular formula is C92H205N7S7. The summed E-state index contributed by atoms with van der Waals surface area (Å²) >= 11 is 0. The zero-order valence-corrected chi connectivity index (χ0v) is 89.2. The van der Waals surface area contributed by atoms with Gasteiger partial charge < -0.3 is 10.6 Å². The van der Waals surface area contributed by atoms with Crippen LogP contribution in [0.15, 0.2) is 47.0 Å².